The van der Waals surface area contributed by atoms with Gasteiger partial charge in [-0.25, -0.2) is 0 Å². The van der Waals surface area contributed by atoms with Gasteiger partial charge in [0.2, 0.25) is 11.8 Å². The molecule has 2 aliphatic rings. The fourth-order valence-corrected chi connectivity index (χ4v) is 4.91. The van der Waals surface area contributed by atoms with Gasteiger partial charge in [-0.15, -0.1) is 0 Å². The van der Waals surface area contributed by atoms with Gasteiger partial charge in [0.05, 0.1) is 12.6 Å². The second kappa shape index (κ2) is 11.1. The van der Waals surface area contributed by atoms with Crippen LogP contribution in [0.5, 0.6) is 0 Å². The zero-order valence-corrected chi connectivity index (χ0v) is 19.7. The molecular formula is C25H40N4O2. The first-order chi connectivity index (χ1) is 14.9. The molecule has 1 aromatic rings. The highest BCUT2D eigenvalue weighted by Gasteiger charge is 2.31. The van der Waals surface area contributed by atoms with E-state index in [2.05, 4.69) is 47.3 Å². The monoisotopic (exact) mass is 428 g/mol. The summed E-state index contributed by atoms with van der Waals surface area (Å²) in [5, 5.41) is 6.38. The predicted molar refractivity (Wildman–Crippen MR) is 126 cm³/mol. The van der Waals surface area contributed by atoms with Crippen molar-refractivity contribution in [3.8, 4) is 0 Å². The molecule has 0 radical (unpaired) electrons. The Morgan fingerprint density at radius 3 is 2.52 bits per heavy atom. The van der Waals surface area contributed by atoms with Crippen molar-refractivity contribution in [1.82, 2.24) is 15.1 Å². The third kappa shape index (κ3) is 6.30. The zero-order chi connectivity index (χ0) is 22.4. The Morgan fingerprint density at radius 1 is 1.10 bits per heavy atom. The number of benzene rings is 1. The highest BCUT2D eigenvalue weighted by atomic mass is 16.2. The SMILES string of the molecule is CCc1ccccc1NC(=O)CN1CCN([C@@H](C)C(=O)N[C@@H]2CCC[C@H](C)[C@@H]2C)CC1. The molecule has 31 heavy (non-hydrogen) atoms. The molecule has 0 bridgehead atoms. The van der Waals surface area contributed by atoms with Crippen molar-refractivity contribution >= 4 is 17.5 Å². The van der Waals surface area contributed by atoms with Gasteiger partial charge in [-0.1, -0.05) is 51.8 Å². The largest absolute Gasteiger partial charge is 0.352 e. The Kier molecular flexibility index (Phi) is 8.50. The standard InChI is InChI=1S/C25H40N4O2/c1-5-21-10-6-7-11-23(21)26-24(30)17-28-13-15-29(16-14-28)20(4)25(31)27-22-12-8-9-18(2)19(22)3/h6-7,10-11,18-20,22H,5,8-9,12-17H2,1-4H3,(H,26,30)(H,27,31)/t18-,19-,20-,22+/m0/s1. The zero-order valence-electron chi connectivity index (χ0n) is 19.7. The van der Waals surface area contributed by atoms with E-state index < -0.39 is 0 Å². The minimum atomic E-state index is -0.128. The Morgan fingerprint density at radius 2 is 1.81 bits per heavy atom. The van der Waals surface area contributed by atoms with Gasteiger partial charge in [0, 0.05) is 37.9 Å². The molecule has 1 saturated carbocycles. The first kappa shape index (κ1) is 23.7. The number of amides is 2. The number of nitrogens with zero attached hydrogens (tertiary/aromatic N) is 2. The number of anilines is 1. The summed E-state index contributed by atoms with van der Waals surface area (Å²) >= 11 is 0. The fraction of sp³-hybridized carbons (Fsp3) is 0.680. The van der Waals surface area contributed by atoms with Crippen LogP contribution >= 0.6 is 0 Å². The molecule has 2 N–H and O–H groups in total. The van der Waals surface area contributed by atoms with Crippen molar-refractivity contribution in [1.29, 1.82) is 0 Å². The summed E-state index contributed by atoms with van der Waals surface area (Å²) in [6.45, 7) is 12.3. The van der Waals surface area contributed by atoms with Crippen molar-refractivity contribution in [3.05, 3.63) is 29.8 Å². The number of para-hydroxylation sites is 1. The van der Waals surface area contributed by atoms with Gasteiger partial charge < -0.3 is 10.6 Å². The predicted octanol–water partition coefficient (Wildman–Crippen LogP) is 3.13. The lowest BCUT2D eigenvalue weighted by Gasteiger charge is -2.39. The maximum Gasteiger partial charge on any atom is 0.238 e. The van der Waals surface area contributed by atoms with Crippen LogP contribution in [-0.2, 0) is 16.0 Å². The molecule has 2 fully saturated rings. The third-order valence-corrected chi connectivity index (χ3v) is 7.41. The summed E-state index contributed by atoms with van der Waals surface area (Å²) in [7, 11) is 0. The number of carbonyl (C=O) groups excluding carboxylic acids is 2. The van der Waals surface area contributed by atoms with Crippen LogP contribution in [0, 0.1) is 11.8 Å². The van der Waals surface area contributed by atoms with Gasteiger partial charge in [0.25, 0.3) is 0 Å². The van der Waals surface area contributed by atoms with Crippen LogP contribution in [0.2, 0.25) is 0 Å². The average Bonchev–Trinajstić information content (AvgIpc) is 2.77. The van der Waals surface area contributed by atoms with E-state index >= 15 is 0 Å². The summed E-state index contributed by atoms with van der Waals surface area (Å²) in [6, 6.07) is 8.14. The topological polar surface area (TPSA) is 64.7 Å². The molecule has 0 spiro atoms. The number of carbonyl (C=O) groups is 2. The minimum Gasteiger partial charge on any atom is -0.352 e. The maximum atomic E-state index is 12.9. The van der Waals surface area contributed by atoms with Gasteiger partial charge in [-0.2, -0.15) is 0 Å². The molecule has 4 atom stereocenters. The van der Waals surface area contributed by atoms with Crippen LogP contribution in [-0.4, -0.2) is 66.4 Å². The molecule has 1 aliphatic carbocycles. The Labute approximate surface area is 187 Å². The van der Waals surface area contributed by atoms with Crippen LogP contribution < -0.4 is 10.6 Å². The van der Waals surface area contributed by atoms with Crippen molar-refractivity contribution < 1.29 is 9.59 Å². The first-order valence-corrected chi connectivity index (χ1v) is 12.0. The minimum absolute atomic E-state index is 0.0283. The molecule has 0 unspecified atom stereocenters. The highest BCUT2D eigenvalue weighted by molar-refractivity contribution is 5.93. The van der Waals surface area contributed by atoms with Crippen molar-refractivity contribution in [3.63, 3.8) is 0 Å². The van der Waals surface area contributed by atoms with E-state index in [4.69, 9.17) is 0 Å². The maximum absolute atomic E-state index is 12.9. The van der Waals surface area contributed by atoms with Gasteiger partial charge in [0.15, 0.2) is 0 Å². The first-order valence-electron chi connectivity index (χ1n) is 12.0. The summed E-state index contributed by atoms with van der Waals surface area (Å²) in [5.74, 6) is 1.39. The lowest BCUT2D eigenvalue weighted by Crippen LogP contribution is -2.56. The summed E-state index contributed by atoms with van der Waals surface area (Å²) in [4.78, 5) is 29.8. The second-order valence-corrected chi connectivity index (χ2v) is 9.43. The van der Waals surface area contributed by atoms with Crippen LogP contribution in [0.15, 0.2) is 24.3 Å². The van der Waals surface area contributed by atoms with E-state index in [0.717, 1.165) is 50.3 Å². The van der Waals surface area contributed by atoms with Gasteiger partial charge in [0.1, 0.15) is 0 Å². The van der Waals surface area contributed by atoms with E-state index in [0.29, 0.717) is 24.4 Å². The number of rotatable bonds is 7. The Hall–Kier alpha value is -1.92. The number of aryl methyl sites for hydroxylation is 1. The molecule has 1 aliphatic heterocycles. The fourth-order valence-electron chi connectivity index (χ4n) is 4.91. The molecule has 1 heterocycles. The molecular weight excluding hydrogens is 388 g/mol. The number of hydrogen-bond acceptors (Lipinski definition) is 4. The molecule has 6 nitrogen and oxygen atoms in total. The lowest BCUT2D eigenvalue weighted by atomic mass is 9.78. The average molecular weight is 429 g/mol. The van der Waals surface area contributed by atoms with Gasteiger partial charge in [-0.05, 0) is 43.2 Å². The van der Waals surface area contributed by atoms with Crippen molar-refractivity contribution in [2.45, 2.75) is 65.5 Å². The molecule has 2 amide bonds. The van der Waals surface area contributed by atoms with Gasteiger partial charge in [-0.3, -0.25) is 19.4 Å². The Bertz CT molecular complexity index is 745. The molecule has 0 aromatic heterocycles. The van der Waals surface area contributed by atoms with E-state index in [-0.39, 0.29) is 17.9 Å². The van der Waals surface area contributed by atoms with Crippen LogP contribution in [0.4, 0.5) is 5.69 Å². The van der Waals surface area contributed by atoms with E-state index in [9.17, 15) is 9.59 Å². The number of hydrogen-bond donors (Lipinski definition) is 2. The van der Waals surface area contributed by atoms with E-state index in [1.807, 2.05) is 25.1 Å². The van der Waals surface area contributed by atoms with Crippen molar-refractivity contribution in [2.75, 3.05) is 38.0 Å². The van der Waals surface area contributed by atoms with Crippen LogP contribution in [0.25, 0.3) is 0 Å². The quantitative estimate of drug-likeness (QED) is 0.700. The molecule has 172 valence electrons. The van der Waals surface area contributed by atoms with Crippen LogP contribution in [0.3, 0.4) is 0 Å². The Balaban J connectivity index is 1.43. The summed E-state index contributed by atoms with van der Waals surface area (Å²) in [6.07, 6.45) is 4.46. The lowest BCUT2D eigenvalue weighted by molar-refractivity contribution is -0.128. The molecule has 3 rings (SSSR count). The second-order valence-electron chi connectivity index (χ2n) is 9.43. The van der Waals surface area contributed by atoms with Crippen LogP contribution in [0.1, 0.15) is 52.5 Å². The molecule has 1 aromatic carbocycles. The van der Waals surface area contributed by atoms with Crippen molar-refractivity contribution in [2.24, 2.45) is 11.8 Å². The normalized spacial score (nSPS) is 26.3. The van der Waals surface area contributed by atoms with Gasteiger partial charge >= 0.3 is 0 Å². The molecule has 6 heteroatoms. The number of nitrogens with one attached hydrogen (secondary N) is 2. The third-order valence-electron chi connectivity index (χ3n) is 7.41. The van der Waals surface area contributed by atoms with E-state index in [1.54, 1.807) is 0 Å². The summed E-state index contributed by atoms with van der Waals surface area (Å²) in [5.41, 5.74) is 2.06. The summed E-state index contributed by atoms with van der Waals surface area (Å²) < 4.78 is 0. The smallest absolute Gasteiger partial charge is 0.238 e. The van der Waals surface area contributed by atoms with E-state index in [1.165, 1.54) is 12.8 Å². The number of piperazine rings is 1. The molecule has 1 saturated heterocycles. The highest BCUT2D eigenvalue weighted by Crippen LogP contribution is 2.29.